The molecule has 25 heavy (non-hydrogen) atoms. The zero-order chi connectivity index (χ0) is 17.9. The molecule has 0 radical (unpaired) electrons. The molecule has 144 valence electrons. The average molecular weight is 462 g/mol. The van der Waals surface area contributed by atoms with Crippen LogP contribution in [-0.2, 0) is 0 Å². The summed E-state index contributed by atoms with van der Waals surface area (Å²) in [7, 11) is 3.53. The molecule has 0 heterocycles. The standard InChI is InChI=1S/C19H34N4O.HI/c1-7-15(4)22-19(20-5)21-14-18(23(8-2)9-3)16-11-10-12-17(13-16)24-6;/h10-13,15,18H,7-9,14H2,1-6H3,(H2,20,21,22);1H. The van der Waals surface area contributed by atoms with E-state index in [4.69, 9.17) is 4.74 Å². The summed E-state index contributed by atoms with van der Waals surface area (Å²) in [6.45, 7) is 11.5. The van der Waals surface area contributed by atoms with Crippen molar-refractivity contribution >= 4 is 29.9 Å². The fraction of sp³-hybridized carbons (Fsp3) is 0.632. The van der Waals surface area contributed by atoms with Gasteiger partial charge in [-0.2, -0.15) is 0 Å². The molecular formula is C19H35IN4O. The fourth-order valence-corrected chi connectivity index (χ4v) is 2.69. The molecule has 0 aliphatic rings. The second-order valence-corrected chi connectivity index (χ2v) is 5.92. The molecule has 0 fully saturated rings. The Morgan fingerprint density at radius 2 is 1.92 bits per heavy atom. The third-order valence-electron chi connectivity index (χ3n) is 4.41. The van der Waals surface area contributed by atoms with E-state index in [0.29, 0.717) is 6.04 Å². The van der Waals surface area contributed by atoms with Crippen LogP contribution in [-0.4, -0.2) is 50.7 Å². The van der Waals surface area contributed by atoms with Crippen molar-refractivity contribution in [1.82, 2.24) is 15.5 Å². The number of methoxy groups -OCH3 is 1. The van der Waals surface area contributed by atoms with E-state index in [1.54, 1.807) is 7.11 Å². The third-order valence-corrected chi connectivity index (χ3v) is 4.41. The Kier molecular flexibility index (Phi) is 12.7. The minimum absolute atomic E-state index is 0. The van der Waals surface area contributed by atoms with Crippen LogP contribution in [0.25, 0.3) is 0 Å². The quantitative estimate of drug-likeness (QED) is 0.334. The first kappa shape index (κ1) is 24.0. The largest absolute Gasteiger partial charge is 0.497 e. The van der Waals surface area contributed by atoms with Crippen molar-refractivity contribution in [3.8, 4) is 5.75 Å². The van der Waals surface area contributed by atoms with Crippen molar-refractivity contribution in [2.45, 2.75) is 46.2 Å². The molecule has 0 saturated carbocycles. The summed E-state index contributed by atoms with van der Waals surface area (Å²) in [4.78, 5) is 6.78. The predicted octanol–water partition coefficient (Wildman–Crippen LogP) is 3.66. The Labute approximate surface area is 170 Å². The normalized spacial score (nSPS) is 13.8. The molecule has 1 aromatic rings. The highest BCUT2D eigenvalue weighted by atomic mass is 127. The average Bonchev–Trinajstić information content (AvgIpc) is 2.63. The lowest BCUT2D eigenvalue weighted by atomic mass is 10.0. The molecule has 2 atom stereocenters. The van der Waals surface area contributed by atoms with Crippen molar-refractivity contribution in [3.63, 3.8) is 0 Å². The van der Waals surface area contributed by atoms with Gasteiger partial charge in [0.25, 0.3) is 0 Å². The highest BCUT2D eigenvalue weighted by Gasteiger charge is 2.19. The van der Waals surface area contributed by atoms with Gasteiger partial charge in [0.2, 0.25) is 0 Å². The number of likely N-dealkylation sites (N-methyl/N-ethyl adjacent to an activating group) is 1. The first-order valence-corrected chi connectivity index (χ1v) is 8.94. The van der Waals surface area contributed by atoms with Crippen molar-refractivity contribution < 1.29 is 4.74 Å². The highest BCUT2D eigenvalue weighted by Crippen LogP contribution is 2.23. The molecule has 0 amide bonds. The number of aliphatic imine (C=N–C) groups is 1. The van der Waals surface area contributed by atoms with Gasteiger partial charge in [-0.1, -0.05) is 32.9 Å². The molecule has 5 nitrogen and oxygen atoms in total. The molecule has 0 saturated heterocycles. The smallest absolute Gasteiger partial charge is 0.191 e. The first-order valence-electron chi connectivity index (χ1n) is 8.94. The maximum Gasteiger partial charge on any atom is 0.191 e. The van der Waals surface area contributed by atoms with Crippen molar-refractivity contribution in [2.24, 2.45) is 4.99 Å². The highest BCUT2D eigenvalue weighted by molar-refractivity contribution is 14.0. The van der Waals surface area contributed by atoms with Gasteiger partial charge in [-0.15, -0.1) is 24.0 Å². The number of hydrogen-bond donors (Lipinski definition) is 2. The van der Waals surface area contributed by atoms with Crippen LogP contribution in [0.2, 0.25) is 0 Å². The lowest BCUT2D eigenvalue weighted by Crippen LogP contribution is -2.45. The Morgan fingerprint density at radius 1 is 1.24 bits per heavy atom. The van der Waals surface area contributed by atoms with Gasteiger partial charge in [-0.3, -0.25) is 9.89 Å². The number of nitrogens with one attached hydrogen (secondary N) is 2. The zero-order valence-electron chi connectivity index (χ0n) is 16.5. The summed E-state index contributed by atoms with van der Waals surface area (Å²) in [5, 5.41) is 6.89. The van der Waals surface area contributed by atoms with Gasteiger partial charge in [0.1, 0.15) is 5.75 Å². The molecule has 2 unspecified atom stereocenters. The van der Waals surface area contributed by atoms with Crippen molar-refractivity contribution in [3.05, 3.63) is 29.8 Å². The number of halogens is 1. The maximum atomic E-state index is 5.39. The molecule has 2 N–H and O–H groups in total. The van der Waals surface area contributed by atoms with Gasteiger partial charge in [0.15, 0.2) is 5.96 Å². The Hall–Kier alpha value is -1.02. The van der Waals surface area contributed by atoms with Gasteiger partial charge in [-0.05, 0) is 44.1 Å². The molecule has 0 aliphatic heterocycles. The minimum atomic E-state index is 0. The van der Waals surface area contributed by atoms with Gasteiger partial charge < -0.3 is 15.4 Å². The molecule has 0 aromatic heterocycles. The fourth-order valence-electron chi connectivity index (χ4n) is 2.69. The van der Waals surface area contributed by atoms with Crippen molar-refractivity contribution in [1.29, 1.82) is 0 Å². The molecule has 0 bridgehead atoms. The zero-order valence-corrected chi connectivity index (χ0v) is 18.8. The van der Waals surface area contributed by atoms with Crippen LogP contribution in [0.4, 0.5) is 0 Å². The Balaban J connectivity index is 0.00000576. The van der Waals surface area contributed by atoms with E-state index in [1.165, 1.54) is 5.56 Å². The van der Waals surface area contributed by atoms with Crippen molar-refractivity contribution in [2.75, 3.05) is 33.8 Å². The summed E-state index contributed by atoms with van der Waals surface area (Å²) in [5.74, 6) is 1.75. The van der Waals surface area contributed by atoms with Crippen LogP contribution >= 0.6 is 24.0 Å². The van der Waals surface area contributed by atoms with Crippen LogP contribution < -0.4 is 15.4 Å². The summed E-state index contributed by atoms with van der Waals surface area (Å²) in [6, 6.07) is 9.00. The monoisotopic (exact) mass is 462 g/mol. The second kappa shape index (κ2) is 13.2. The van der Waals surface area contributed by atoms with E-state index >= 15 is 0 Å². The molecule has 1 aromatic carbocycles. The summed E-state index contributed by atoms with van der Waals surface area (Å²) in [5.41, 5.74) is 1.25. The van der Waals surface area contributed by atoms with Gasteiger partial charge in [0.05, 0.1) is 13.2 Å². The van der Waals surface area contributed by atoms with Crippen LogP contribution in [0.1, 0.15) is 45.7 Å². The number of guanidine groups is 1. The van der Waals surface area contributed by atoms with E-state index < -0.39 is 0 Å². The molecule has 0 aliphatic carbocycles. The van der Waals surface area contributed by atoms with E-state index in [9.17, 15) is 0 Å². The third kappa shape index (κ3) is 7.81. The van der Waals surface area contributed by atoms with Crippen LogP contribution in [0.15, 0.2) is 29.3 Å². The van der Waals surface area contributed by atoms with Gasteiger partial charge >= 0.3 is 0 Å². The number of ether oxygens (including phenoxy) is 1. The van der Waals surface area contributed by atoms with Crippen LogP contribution in [0, 0.1) is 0 Å². The Bertz CT molecular complexity index is 506. The van der Waals surface area contributed by atoms with E-state index in [1.807, 2.05) is 13.1 Å². The molecular weight excluding hydrogens is 427 g/mol. The predicted molar refractivity (Wildman–Crippen MR) is 118 cm³/mol. The maximum absolute atomic E-state index is 5.39. The lowest BCUT2D eigenvalue weighted by molar-refractivity contribution is 0.218. The topological polar surface area (TPSA) is 48.9 Å². The Morgan fingerprint density at radius 3 is 2.44 bits per heavy atom. The second-order valence-electron chi connectivity index (χ2n) is 5.92. The van der Waals surface area contributed by atoms with Crippen LogP contribution in [0.5, 0.6) is 5.75 Å². The van der Waals surface area contributed by atoms with Gasteiger partial charge in [0, 0.05) is 19.6 Å². The molecule has 6 heteroatoms. The number of nitrogens with zero attached hydrogens (tertiary/aromatic N) is 2. The number of benzene rings is 1. The first-order chi connectivity index (χ1) is 11.6. The van der Waals surface area contributed by atoms with Gasteiger partial charge in [-0.25, -0.2) is 0 Å². The van der Waals surface area contributed by atoms with E-state index in [0.717, 1.165) is 37.8 Å². The SMILES string of the molecule is CCC(C)NC(=NC)NCC(c1cccc(OC)c1)N(CC)CC.I. The van der Waals surface area contributed by atoms with E-state index in [2.05, 4.69) is 66.4 Å². The lowest BCUT2D eigenvalue weighted by Gasteiger charge is -2.31. The minimum Gasteiger partial charge on any atom is -0.497 e. The van der Waals surface area contributed by atoms with E-state index in [-0.39, 0.29) is 30.0 Å². The summed E-state index contributed by atoms with van der Waals surface area (Å²) in [6.07, 6.45) is 1.07. The van der Waals surface area contributed by atoms with Crippen LogP contribution in [0.3, 0.4) is 0 Å². The summed E-state index contributed by atoms with van der Waals surface area (Å²) >= 11 is 0. The summed E-state index contributed by atoms with van der Waals surface area (Å²) < 4.78 is 5.39. The number of rotatable bonds is 9. The molecule has 1 rings (SSSR count). The number of hydrogen-bond acceptors (Lipinski definition) is 3. The molecule has 0 spiro atoms.